The monoisotopic (exact) mass is 271 g/mol. The fourth-order valence-corrected chi connectivity index (χ4v) is 1.95. The molecule has 0 amide bonds. The van der Waals surface area contributed by atoms with Crippen LogP contribution in [0.2, 0.25) is 5.02 Å². The summed E-state index contributed by atoms with van der Waals surface area (Å²) in [6, 6.07) is 13.8. The van der Waals surface area contributed by atoms with Gasteiger partial charge in [-0.25, -0.2) is 4.39 Å². The Morgan fingerprint density at radius 3 is 2.68 bits per heavy atom. The van der Waals surface area contributed by atoms with E-state index in [-0.39, 0.29) is 11.1 Å². The van der Waals surface area contributed by atoms with Crippen molar-refractivity contribution in [1.29, 1.82) is 5.26 Å². The average Bonchev–Trinajstić information content (AvgIpc) is 2.41. The Bertz CT molecular complexity index is 683. The van der Waals surface area contributed by atoms with Crippen molar-refractivity contribution in [3.63, 3.8) is 0 Å². The first-order chi connectivity index (χ1) is 9.11. The van der Waals surface area contributed by atoms with Crippen LogP contribution in [0.15, 0.2) is 42.5 Å². The number of benzene rings is 2. The van der Waals surface area contributed by atoms with Gasteiger partial charge in [-0.1, -0.05) is 35.9 Å². The van der Waals surface area contributed by atoms with E-state index in [0.29, 0.717) is 5.02 Å². The molecule has 3 heteroatoms. The summed E-state index contributed by atoms with van der Waals surface area (Å²) in [7, 11) is 0. The van der Waals surface area contributed by atoms with Crippen molar-refractivity contribution in [1.82, 2.24) is 0 Å². The second-order valence-electron chi connectivity index (χ2n) is 4.15. The summed E-state index contributed by atoms with van der Waals surface area (Å²) in [6.07, 6.45) is 1.67. The number of allylic oxidation sites excluding steroid dienone is 1. The maximum atomic E-state index is 13.8. The predicted octanol–water partition coefficient (Wildman–Crippen LogP) is 4.85. The summed E-state index contributed by atoms with van der Waals surface area (Å²) in [6.45, 7) is 1.94. The van der Waals surface area contributed by atoms with Crippen LogP contribution in [0.3, 0.4) is 0 Å². The fourth-order valence-electron chi connectivity index (χ4n) is 1.78. The van der Waals surface area contributed by atoms with Crippen molar-refractivity contribution < 1.29 is 4.39 Å². The molecule has 0 bridgehead atoms. The van der Waals surface area contributed by atoms with Crippen LogP contribution in [0, 0.1) is 24.1 Å². The van der Waals surface area contributed by atoms with E-state index in [2.05, 4.69) is 0 Å². The molecule has 0 atom stereocenters. The van der Waals surface area contributed by atoms with E-state index in [0.717, 1.165) is 11.1 Å². The maximum Gasteiger partial charge on any atom is 0.131 e. The zero-order valence-electron chi connectivity index (χ0n) is 10.3. The van der Waals surface area contributed by atoms with Crippen LogP contribution < -0.4 is 0 Å². The van der Waals surface area contributed by atoms with Crippen molar-refractivity contribution in [2.24, 2.45) is 0 Å². The minimum Gasteiger partial charge on any atom is -0.206 e. The highest BCUT2D eigenvalue weighted by Gasteiger charge is 2.09. The van der Waals surface area contributed by atoms with Gasteiger partial charge in [0.25, 0.3) is 0 Å². The Hall–Kier alpha value is -2.11. The van der Waals surface area contributed by atoms with E-state index >= 15 is 0 Å². The third kappa shape index (κ3) is 3.01. The van der Waals surface area contributed by atoms with Gasteiger partial charge in [0, 0.05) is 10.6 Å². The predicted molar refractivity (Wildman–Crippen MR) is 76.1 cm³/mol. The van der Waals surface area contributed by atoms with E-state index in [1.807, 2.05) is 37.3 Å². The van der Waals surface area contributed by atoms with Crippen molar-refractivity contribution in [3.05, 3.63) is 70.0 Å². The first-order valence-corrected chi connectivity index (χ1v) is 6.12. The van der Waals surface area contributed by atoms with Gasteiger partial charge in [0.2, 0.25) is 0 Å². The number of nitriles is 1. The van der Waals surface area contributed by atoms with E-state index in [4.69, 9.17) is 11.6 Å². The second kappa shape index (κ2) is 5.69. The molecule has 0 saturated heterocycles. The lowest BCUT2D eigenvalue weighted by atomic mass is 10.0. The summed E-state index contributed by atoms with van der Waals surface area (Å²) in [5, 5.41) is 9.62. The molecule has 0 saturated carbocycles. The zero-order valence-corrected chi connectivity index (χ0v) is 11.1. The molecule has 0 unspecified atom stereocenters. The Morgan fingerprint density at radius 2 is 2.00 bits per heavy atom. The zero-order chi connectivity index (χ0) is 13.8. The molecular weight excluding hydrogens is 261 g/mol. The highest BCUT2D eigenvalue weighted by atomic mass is 35.5. The van der Waals surface area contributed by atoms with Crippen LogP contribution >= 0.6 is 11.6 Å². The number of aryl methyl sites for hydroxylation is 1. The molecule has 0 aliphatic rings. The minimum atomic E-state index is -0.453. The highest BCUT2D eigenvalue weighted by Crippen LogP contribution is 2.24. The summed E-state index contributed by atoms with van der Waals surface area (Å²) in [5.74, 6) is -0.453. The molecule has 2 aromatic carbocycles. The van der Waals surface area contributed by atoms with Crippen LogP contribution in [0.4, 0.5) is 4.39 Å². The van der Waals surface area contributed by atoms with Gasteiger partial charge in [0.05, 0.1) is 11.6 Å². The Labute approximate surface area is 116 Å². The van der Waals surface area contributed by atoms with Gasteiger partial charge in [-0.2, -0.15) is 5.26 Å². The van der Waals surface area contributed by atoms with Gasteiger partial charge in [-0.15, -0.1) is 0 Å². The number of nitrogens with zero attached hydrogens (tertiary/aromatic N) is 1. The lowest BCUT2D eigenvalue weighted by Crippen LogP contribution is -1.89. The van der Waals surface area contributed by atoms with E-state index in [9.17, 15) is 9.65 Å². The molecule has 0 fully saturated rings. The largest absolute Gasteiger partial charge is 0.206 e. The standard InChI is InChI=1S/C16H11ClFN/c1-11-4-2-3-5-12(11)8-13(10-19)15-9-14(17)6-7-16(15)18/h2-9H,1H3/b13-8+. The van der Waals surface area contributed by atoms with E-state index in [1.54, 1.807) is 6.08 Å². The van der Waals surface area contributed by atoms with Crippen LogP contribution in [-0.2, 0) is 0 Å². The van der Waals surface area contributed by atoms with Crippen LogP contribution in [-0.4, -0.2) is 0 Å². The van der Waals surface area contributed by atoms with Gasteiger partial charge < -0.3 is 0 Å². The molecule has 94 valence electrons. The SMILES string of the molecule is Cc1ccccc1/C=C(\C#N)c1cc(Cl)ccc1F. The molecule has 0 aromatic heterocycles. The maximum absolute atomic E-state index is 13.8. The van der Waals surface area contributed by atoms with Crippen LogP contribution in [0.5, 0.6) is 0 Å². The molecule has 2 aromatic rings. The fraction of sp³-hybridized carbons (Fsp3) is 0.0625. The first kappa shape index (κ1) is 13.3. The van der Waals surface area contributed by atoms with Crippen LogP contribution in [0.25, 0.3) is 11.6 Å². The number of hydrogen-bond acceptors (Lipinski definition) is 1. The Kier molecular flexibility index (Phi) is 3.99. The quantitative estimate of drug-likeness (QED) is 0.566. The van der Waals surface area contributed by atoms with Crippen LogP contribution in [0.1, 0.15) is 16.7 Å². The lowest BCUT2D eigenvalue weighted by Gasteiger charge is -2.04. The third-order valence-electron chi connectivity index (χ3n) is 2.83. The van der Waals surface area contributed by atoms with Crippen molar-refractivity contribution >= 4 is 23.3 Å². The molecule has 0 aliphatic carbocycles. The van der Waals surface area contributed by atoms with E-state index < -0.39 is 5.82 Å². The smallest absolute Gasteiger partial charge is 0.131 e. The number of halogens is 2. The molecule has 1 nitrogen and oxygen atoms in total. The highest BCUT2D eigenvalue weighted by molar-refractivity contribution is 6.30. The van der Waals surface area contributed by atoms with Gasteiger partial charge >= 0.3 is 0 Å². The van der Waals surface area contributed by atoms with Gasteiger partial charge in [-0.05, 0) is 42.3 Å². The number of rotatable bonds is 2. The topological polar surface area (TPSA) is 23.8 Å². The van der Waals surface area contributed by atoms with E-state index in [1.165, 1.54) is 18.2 Å². The van der Waals surface area contributed by atoms with Crippen molar-refractivity contribution in [2.75, 3.05) is 0 Å². The molecule has 0 N–H and O–H groups in total. The van der Waals surface area contributed by atoms with Gasteiger partial charge in [0.15, 0.2) is 0 Å². The molecule has 0 radical (unpaired) electrons. The molecule has 2 rings (SSSR count). The summed E-state index contributed by atoms with van der Waals surface area (Å²) >= 11 is 5.85. The Morgan fingerprint density at radius 1 is 1.26 bits per heavy atom. The molecule has 0 heterocycles. The normalized spacial score (nSPS) is 11.2. The second-order valence-corrected chi connectivity index (χ2v) is 4.59. The molecular formula is C16H11ClFN. The van der Waals surface area contributed by atoms with Crippen molar-refractivity contribution in [3.8, 4) is 6.07 Å². The molecule has 0 aliphatic heterocycles. The Balaban J connectivity index is 2.55. The average molecular weight is 272 g/mol. The molecule has 19 heavy (non-hydrogen) atoms. The lowest BCUT2D eigenvalue weighted by molar-refractivity contribution is 0.624. The van der Waals surface area contributed by atoms with Gasteiger partial charge in [-0.3, -0.25) is 0 Å². The summed E-state index contributed by atoms with van der Waals surface area (Å²) < 4.78 is 13.8. The third-order valence-corrected chi connectivity index (χ3v) is 3.06. The van der Waals surface area contributed by atoms with Crippen molar-refractivity contribution in [2.45, 2.75) is 6.92 Å². The summed E-state index contributed by atoms with van der Waals surface area (Å²) in [4.78, 5) is 0. The molecule has 0 spiro atoms. The summed E-state index contributed by atoms with van der Waals surface area (Å²) in [5.41, 5.74) is 2.39. The first-order valence-electron chi connectivity index (χ1n) is 5.74. The van der Waals surface area contributed by atoms with Gasteiger partial charge in [0.1, 0.15) is 5.82 Å². The number of hydrogen-bond donors (Lipinski definition) is 0. The minimum absolute atomic E-state index is 0.221.